The van der Waals surface area contributed by atoms with Gasteiger partial charge in [0.1, 0.15) is 0 Å². The number of rotatable bonds is 8. The summed E-state index contributed by atoms with van der Waals surface area (Å²) in [4.78, 5) is 11.5. The Morgan fingerprint density at radius 2 is 2.08 bits per heavy atom. The Bertz CT molecular complexity index is 859. The molecule has 0 atom stereocenters. The molecule has 1 aromatic carbocycles. The SMILES string of the molecule is CCOC(=O)CCCSc1nnc(-c2ccco2)n1-c1ccccc1C. The molecular formula is C19H21N3O3S. The lowest BCUT2D eigenvalue weighted by atomic mass is 10.2. The molecule has 0 aliphatic rings. The molecule has 0 unspecified atom stereocenters. The first-order chi connectivity index (χ1) is 12.7. The quantitative estimate of drug-likeness (QED) is 0.334. The van der Waals surface area contributed by atoms with Gasteiger partial charge in [-0.2, -0.15) is 0 Å². The minimum Gasteiger partial charge on any atom is -0.466 e. The van der Waals surface area contributed by atoms with E-state index < -0.39 is 0 Å². The summed E-state index contributed by atoms with van der Waals surface area (Å²) in [5.74, 6) is 1.92. The van der Waals surface area contributed by atoms with Crippen LogP contribution in [0.5, 0.6) is 0 Å². The zero-order chi connectivity index (χ0) is 18.4. The third kappa shape index (κ3) is 4.16. The van der Waals surface area contributed by atoms with Crippen molar-refractivity contribution in [2.75, 3.05) is 12.4 Å². The second-order valence-corrected chi connectivity index (χ2v) is 6.72. The number of thioether (sulfide) groups is 1. The summed E-state index contributed by atoms with van der Waals surface area (Å²) in [7, 11) is 0. The molecule has 0 bridgehead atoms. The van der Waals surface area contributed by atoms with Gasteiger partial charge in [-0.3, -0.25) is 9.36 Å². The fourth-order valence-electron chi connectivity index (χ4n) is 2.57. The van der Waals surface area contributed by atoms with E-state index >= 15 is 0 Å². The van der Waals surface area contributed by atoms with E-state index in [1.54, 1.807) is 18.0 Å². The van der Waals surface area contributed by atoms with Crippen LogP contribution in [0.3, 0.4) is 0 Å². The normalized spacial score (nSPS) is 10.8. The van der Waals surface area contributed by atoms with Crippen LogP contribution in [0.4, 0.5) is 0 Å². The number of hydrogen-bond acceptors (Lipinski definition) is 6. The Labute approximate surface area is 156 Å². The van der Waals surface area contributed by atoms with Gasteiger partial charge in [0.15, 0.2) is 10.9 Å². The van der Waals surface area contributed by atoms with Gasteiger partial charge in [-0.25, -0.2) is 0 Å². The van der Waals surface area contributed by atoms with Crippen molar-refractivity contribution in [3.8, 4) is 17.3 Å². The third-order valence-corrected chi connectivity index (χ3v) is 4.81. The van der Waals surface area contributed by atoms with Crippen LogP contribution in [0.1, 0.15) is 25.3 Å². The number of aromatic nitrogens is 3. The van der Waals surface area contributed by atoms with Crippen molar-refractivity contribution < 1.29 is 13.9 Å². The second kappa shape index (κ2) is 8.71. The molecule has 0 saturated heterocycles. The zero-order valence-electron chi connectivity index (χ0n) is 14.8. The van der Waals surface area contributed by atoms with Gasteiger partial charge in [-0.1, -0.05) is 30.0 Å². The van der Waals surface area contributed by atoms with Crippen LogP contribution in [-0.4, -0.2) is 33.1 Å². The monoisotopic (exact) mass is 371 g/mol. The van der Waals surface area contributed by atoms with E-state index in [1.165, 1.54) is 0 Å². The highest BCUT2D eigenvalue weighted by atomic mass is 32.2. The fraction of sp³-hybridized carbons (Fsp3) is 0.316. The number of ether oxygens (including phenoxy) is 1. The first-order valence-electron chi connectivity index (χ1n) is 8.54. The zero-order valence-corrected chi connectivity index (χ0v) is 15.7. The number of nitrogens with zero attached hydrogens (tertiary/aromatic N) is 3. The molecule has 0 amide bonds. The van der Waals surface area contributed by atoms with Crippen molar-refractivity contribution in [3.63, 3.8) is 0 Å². The molecule has 7 heteroatoms. The largest absolute Gasteiger partial charge is 0.466 e. The summed E-state index contributed by atoms with van der Waals surface area (Å²) >= 11 is 1.57. The van der Waals surface area contributed by atoms with Crippen LogP contribution >= 0.6 is 11.8 Å². The minimum atomic E-state index is -0.162. The van der Waals surface area contributed by atoms with E-state index in [2.05, 4.69) is 23.2 Å². The molecule has 136 valence electrons. The molecule has 2 aromatic heterocycles. The minimum absolute atomic E-state index is 0.162. The Balaban J connectivity index is 1.82. The predicted octanol–water partition coefficient (Wildman–Crippen LogP) is 4.27. The third-order valence-electron chi connectivity index (χ3n) is 3.79. The summed E-state index contributed by atoms with van der Waals surface area (Å²) in [6.07, 6.45) is 2.75. The number of carbonyl (C=O) groups excluding carboxylic acids is 1. The number of para-hydroxylation sites is 1. The molecule has 0 spiro atoms. The maximum Gasteiger partial charge on any atom is 0.305 e. The van der Waals surface area contributed by atoms with Crippen LogP contribution in [0.2, 0.25) is 0 Å². The molecule has 2 heterocycles. The van der Waals surface area contributed by atoms with Crippen LogP contribution in [0, 0.1) is 6.92 Å². The average Bonchev–Trinajstić information content (AvgIpc) is 3.29. The van der Waals surface area contributed by atoms with Gasteiger partial charge in [0, 0.05) is 12.2 Å². The van der Waals surface area contributed by atoms with Crippen LogP contribution in [0.25, 0.3) is 17.3 Å². The number of aryl methyl sites for hydroxylation is 1. The molecule has 0 N–H and O–H groups in total. The summed E-state index contributed by atoms with van der Waals surface area (Å²) in [6, 6.07) is 11.8. The van der Waals surface area contributed by atoms with Crippen LogP contribution in [-0.2, 0) is 9.53 Å². The highest BCUT2D eigenvalue weighted by Crippen LogP contribution is 2.30. The van der Waals surface area contributed by atoms with Crippen LogP contribution < -0.4 is 0 Å². The number of furan rings is 1. The molecule has 6 nitrogen and oxygen atoms in total. The molecule has 0 aliphatic carbocycles. The van der Waals surface area contributed by atoms with Crippen molar-refractivity contribution in [1.29, 1.82) is 0 Å². The fourth-order valence-corrected chi connectivity index (χ4v) is 3.46. The second-order valence-electron chi connectivity index (χ2n) is 5.66. The van der Waals surface area contributed by atoms with Crippen molar-refractivity contribution in [3.05, 3.63) is 48.2 Å². The number of esters is 1. The molecule has 3 aromatic rings. The topological polar surface area (TPSA) is 70.2 Å². The van der Waals surface area contributed by atoms with Gasteiger partial charge in [0.2, 0.25) is 5.82 Å². The first kappa shape index (κ1) is 18.3. The van der Waals surface area contributed by atoms with Crippen molar-refractivity contribution in [2.24, 2.45) is 0 Å². The van der Waals surface area contributed by atoms with Crippen molar-refractivity contribution >= 4 is 17.7 Å². The van der Waals surface area contributed by atoms with Gasteiger partial charge in [0.25, 0.3) is 0 Å². The molecule has 0 saturated carbocycles. The highest BCUT2D eigenvalue weighted by molar-refractivity contribution is 7.99. The summed E-state index contributed by atoms with van der Waals surface area (Å²) in [6.45, 7) is 4.28. The molecule has 0 radical (unpaired) electrons. The van der Waals surface area contributed by atoms with Crippen molar-refractivity contribution in [1.82, 2.24) is 14.8 Å². The predicted molar refractivity (Wildman–Crippen MR) is 100 cm³/mol. The molecule has 0 aliphatic heterocycles. The van der Waals surface area contributed by atoms with Gasteiger partial charge >= 0.3 is 5.97 Å². The van der Waals surface area contributed by atoms with E-state index in [0.29, 0.717) is 24.6 Å². The Morgan fingerprint density at radius 1 is 1.23 bits per heavy atom. The van der Waals surface area contributed by atoms with E-state index in [9.17, 15) is 4.79 Å². The Kier molecular flexibility index (Phi) is 6.12. The number of carbonyl (C=O) groups is 1. The lowest BCUT2D eigenvalue weighted by Crippen LogP contribution is -2.04. The summed E-state index contributed by atoms with van der Waals surface area (Å²) in [5, 5.41) is 9.44. The summed E-state index contributed by atoms with van der Waals surface area (Å²) in [5.41, 5.74) is 2.13. The van der Waals surface area contributed by atoms with E-state index in [-0.39, 0.29) is 5.97 Å². The van der Waals surface area contributed by atoms with E-state index in [1.807, 2.05) is 41.8 Å². The Hall–Kier alpha value is -2.54. The summed E-state index contributed by atoms with van der Waals surface area (Å²) < 4.78 is 12.5. The number of benzene rings is 1. The smallest absolute Gasteiger partial charge is 0.305 e. The van der Waals surface area contributed by atoms with Gasteiger partial charge in [0.05, 0.1) is 18.6 Å². The van der Waals surface area contributed by atoms with Gasteiger partial charge in [-0.15, -0.1) is 10.2 Å². The van der Waals surface area contributed by atoms with E-state index in [4.69, 9.17) is 9.15 Å². The first-order valence-corrected chi connectivity index (χ1v) is 9.53. The van der Waals surface area contributed by atoms with Gasteiger partial charge in [-0.05, 0) is 44.0 Å². The lowest BCUT2D eigenvalue weighted by molar-refractivity contribution is -0.143. The molecular weight excluding hydrogens is 350 g/mol. The van der Waals surface area contributed by atoms with Crippen LogP contribution in [0.15, 0.2) is 52.2 Å². The van der Waals surface area contributed by atoms with Gasteiger partial charge < -0.3 is 9.15 Å². The maximum atomic E-state index is 11.5. The van der Waals surface area contributed by atoms with E-state index in [0.717, 1.165) is 28.6 Å². The highest BCUT2D eigenvalue weighted by Gasteiger charge is 2.19. The Morgan fingerprint density at radius 3 is 2.81 bits per heavy atom. The standard InChI is InChI=1S/C19H21N3O3S/c1-3-24-17(23)11-7-13-26-19-21-20-18(16-10-6-12-25-16)22(19)15-9-5-4-8-14(15)2/h4-6,8-10,12H,3,7,11,13H2,1-2H3. The molecule has 26 heavy (non-hydrogen) atoms. The van der Waals surface area contributed by atoms with Crippen molar-refractivity contribution in [2.45, 2.75) is 31.8 Å². The lowest BCUT2D eigenvalue weighted by Gasteiger charge is -2.11. The molecule has 0 fully saturated rings. The average molecular weight is 371 g/mol. The maximum absolute atomic E-state index is 11.5. The molecule has 3 rings (SSSR count). The number of hydrogen-bond donors (Lipinski definition) is 0.